The molecule has 0 unspecified atom stereocenters. The molecule has 0 spiro atoms. The van der Waals surface area contributed by atoms with Gasteiger partial charge in [-0.25, -0.2) is 9.37 Å². The quantitative estimate of drug-likeness (QED) is 0.745. The first-order valence-corrected chi connectivity index (χ1v) is 9.82. The van der Waals surface area contributed by atoms with Crippen LogP contribution in [0.1, 0.15) is 24.0 Å². The second-order valence-corrected chi connectivity index (χ2v) is 7.91. The van der Waals surface area contributed by atoms with Crippen molar-refractivity contribution in [3.8, 4) is 0 Å². The van der Waals surface area contributed by atoms with Crippen LogP contribution in [-0.4, -0.2) is 35.4 Å². The summed E-state index contributed by atoms with van der Waals surface area (Å²) < 4.78 is 14.7. The maximum absolute atomic E-state index is 14.1. The van der Waals surface area contributed by atoms with Crippen LogP contribution in [0.5, 0.6) is 0 Å². The average molecular weight is 418 g/mol. The first kappa shape index (κ1) is 17.5. The number of amides is 1. The molecule has 26 heavy (non-hydrogen) atoms. The minimum absolute atomic E-state index is 0.0232. The summed E-state index contributed by atoms with van der Waals surface area (Å²) in [6, 6.07) is 9.78. The van der Waals surface area contributed by atoms with Gasteiger partial charge in [0.1, 0.15) is 0 Å². The van der Waals surface area contributed by atoms with Gasteiger partial charge in [0.2, 0.25) is 5.91 Å². The van der Waals surface area contributed by atoms with Crippen molar-refractivity contribution in [1.82, 2.24) is 9.88 Å². The lowest BCUT2D eigenvalue weighted by molar-refractivity contribution is -0.137. The van der Waals surface area contributed by atoms with Crippen molar-refractivity contribution in [2.24, 2.45) is 5.92 Å². The molecule has 136 valence electrons. The topological polar surface area (TPSA) is 36.4 Å². The standard InChI is InChI=1S/C20H21BrFN3O/c21-17-11-18(22)19(23-12-17)24-8-6-15(7-9-24)20(26)25-10-5-14-3-1-2-4-16(14)13-25/h1-4,11-12,15H,5-10,13H2. The second kappa shape index (κ2) is 7.35. The molecule has 0 bridgehead atoms. The van der Waals surface area contributed by atoms with Gasteiger partial charge in [-0.05, 0) is 52.4 Å². The minimum atomic E-state index is -0.322. The number of aromatic nitrogens is 1. The molecule has 1 saturated heterocycles. The first-order valence-electron chi connectivity index (χ1n) is 9.03. The molecule has 1 aromatic heterocycles. The number of benzene rings is 1. The number of piperidine rings is 1. The zero-order valence-corrected chi connectivity index (χ0v) is 16.1. The van der Waals surface area contributed by atoms with Crippen LogP contribution in [0, 0.1) is 11.7 Å². The van der Waals surface area contributed by atoms with E-state index in [1.54, 1.807) is 6.20 Å². The van der Waals surface area contributed by atoms with Crippen LogP contribution >= 0.6 is 15.9 Å². The molecular weight excluding hydrogens is 397 g/mol. The molecular formula is C20H21BrFN3O. The number of anilines is 1. The number of rotatable bonds is 2. The van der Waals surface area contributed by atoms with Crippen molar-refractivity contribution in [2.75, 3.05) is 24.5 Å². The van der Waals surface area contributed by atoms with Crippen LogP contribution < -0.4 is 4.90 Å². The number of fused-ring (bicyclic) bond motifs is 1. The van der Waals surface area contributed by atoms with Gasteiger partial charge in [0.15, 0.2) is 11.6 Å². The molecule has 3 heterocycles. The molecule has 1 fully saturated rings. The van der Waals surface area contributed by atoms with Crippen LogP contribution in [-0.2, 0) is 17.8 Å². The van der Waals surface area contributed by atoms with Crippen molar-refractivity contribution >= 4 is 27.7 Å². The highest BCUT2D eigenvalue weighted by Gasteiger charge is 2.31. The van der Waals surface area contributed by atoms with E-state index in [1.807, 2.05) is 15.9 Å². The molecule has 4 nitrogen and oxygen atoms in total. The van der Waals surface area contributed by atoms with E-state index in [9.17, 15) is 9.18 Å². The van der Waals surface area contributed by atoms with Gasteiger partial charge in [-0.2, -0.15) is 0 Å². The molecule has 1 aromatic carbocycles. The summed E-state index contributed by atoms with van der Waals surface area (Å²) in [4.78, 5) is 21.1. The minimum Gasteiger partial charge on any atom is -0.354 e. The Morgan fingerprint density at radius 2 is 1.88 bits per heavy atom. The molecule has 2 aliphatic rings. The Labute approximate surface area is 161 Å². The van der Waals surface area contributed by atoms with Crippen LogP contribution in [0.3, 0.4) is 0 Å². The summed E-state index contributed by atoms with van der Waals surface area (Å²) in [5.41, 5.74) is 2.61. The van der Waals surface area contributed by atoms with Gasteiger partial charge in [-0.15, -0.1) is 0 Å². The van der Waals surface area contributed by atoms with Gasteiger partial charge < -0.3 is 9.80 Å². The fraction of sp³-hybridized carbons (Fsp3) is 0.400. The van der Waals surface area contributed by atoms with Gasteiger partial charge in [0, 0.05) is 42.8 Å². The molecule has 2 aromatic rings. The van der Waals surface area contributed by atoms with Crippen LogP contribution in [0.25, 0.3) is 0 Å². The van der Waals surface area contributed by atoms with Crippen LogP contribution in [0.4, 0.5) is 10.2 Å². The normalized spacial score (nSPS) is 17.9. The van der Waals surface area contributed by atoms with E-state index >= 15 is 0 Å². The van der Waals surface area contributed by atoms with Crippen molar-refractivity contribution in [3.63, 3.8) is 0 Å². The number of carbonyl (C=O) groups excluding carboxylic acids is 1. The van der Waals surface area contributed by atoms with Gasteiger partial charge in [-0.1, -0.05) is 24.3 Å². The first-order chi connectivity index (χ1) is 12.6. The third kappa shape index (κ3) is 3.47. The average Bonchev–Trinajstić information content (AvgIpc) is 2.67. The molecule has 6 heteroatoms. The Morgan fingerprint density at radius 3 is 2.62 bits per heavy atom. The van der Waals surface area contributed by atoms with Gasteiger partial charge in [-0.3, -0.25) is 4.79 Å². The molecule has 2 aliphatic heterocycles. The predicted molar refractivity (Wildman–Crippen MR) is 102 cm³/mol. The van der Waals surface area contributed by atoms with Crippen molar-refractivity contribution in [1.29, 1.82) is 0 Å². The highest BCUT2D eigenvalue weighted by molar-refractivity contribution is 9.10. The van der Waals surface area contributed by atoms with E-state index < -0.39 is 0 Å². The third-order valence-corrected chi connectivity index (χ3v) is 5.81. The van der Waals surface area contributed by atoms with E-state index in [2.05, 4.69) is 39.1 Å². The van der Waals surface area contributed by atoms with E-state index in [-0.39, 0.29) is 17.6 Å². The summed E-state index contributed by atoms with van der Waals surface area (Å²) in [6.45, 7) is 2.82. The highest BCUT2D eigenvalue weighted by Crippen LogP contribution is 2.28. The van der Waals surface area contributed by atoms with Crippen LogP contribution in [0.15, 0.2) is 41.0 Å². The van der Waals surface area contributed by atoms with Crippen molar-refractivity contribution in [2.45, 2.75) is 25.8 Å². The smallest absolute Gasteiger partial charge is 0.226 e. The Balaban J connectivity index is 1.38. The highest BCUT2D eigenvalue weighted by atomic mass is 79.9. The van der Waals surface area contributed by atoms with Gasteiger partial charge in [0.25, 0.3) is 0 Å². The Kier molecular flexibility index (Phi) is 4.94. The molecule has 0 atom stereocenters. The maximum atomic E-state index is 14.1. The SMILES string of the molecule is O=C(C1CCN(c2ncc(Br)cc2F)CC1)N1CCc2ccccc2C1. The summed E-state index contributed by atoms with van der Waals surface area (Å²) in [5, 5.41) is 0. The van der Waals surface area contributed by atoms with Crippen molar-refractivity contribution in [3.05, 3.63) is 57.9 Å². The summed E-state index contributed by atoms with van der Waals surface area (Å²) in [5.74, 6) is 0.321. The molecule has 4 rings (SSSR count). The Hall–Kier alpha value is -1.95. The van der Waals surface area contributed by atoms with E-state index in [1.165, 1.54) is 17.2 Å². The number of hydrogen-bond donors (Lipinski definition) is 0. The van der Waals surface area contributed by atoms with E-state index in [0.29, 0.717) is 29.9 Å². The summed E-state index contributed by atoms with van der Waals surface area (Å²) in [7, 11) is 0. The Bertz CT molecular complexity index is 820. The fourth-order valence-corrected chi connectivity index (χ4v) is 4.22. The molecule has 0 saturated carbocycles. The predicted octanol–water partition coefficient (Wildman–Crippen LogP) is 3.78. The zero-order valence-electron chi connectivity index (χ0n) is 14.5. The van der Waals surface area contributed by atoms with Crippen molar-refractivity contribution < 1.29 is 9.18 Å². The second-order valence-electron chi connectivity index (χ2n) is 7.00. The van der Waals surface area contributed by atoms with Gasteiger partial charge in [0.05, 0.1) is 0 Å². The van der Waals surface area contributed by atoms with Gasteiger partial charge >= 0.3 is 0 Å². The van der Waals surface area contributed by atoms with E-state index in [4.69, 9.17) is 0 Å². The fourth-order valence-electron chi connectivity index (χ4n) is 3.92. The summed E-state index contributed by atoms with van der Waals surface area (Å²) >= 11 is 3.23. The lowest BCUT2D eigenvalue weighted by atomic mass is 9.93. The zero-order chi connectivity index (χ0) is 18.1. The molecule has 0 aliphatic carbocycles. The van der Waals surface area contributed by atoms with E-state index in [0.717, 1.165) is 25.8 Å². The lowest BCUT2D eigenvalue weighted by Gasteiger charge is -2.36. The number of hydrogen-bond acceptors (Lipinski definition) is 3. The van der Waals surface area contributed by atoms with Crippen LogP contribution in [0.2, 0.25) is 0 Å². The monoisotopic (exact) mass is 417 g/mol. The third-order valence-electron chi connectivity index (χ3n) is 5.37. The summed E-state index contributed by atoms with van der Waals surface area (Å²) in [6.07, 6.45) is 4.03. The number of halogens is 2. The molecule has 0 radical (unpaired) electrons. The molecule has 1 amide bonds. The Morgan fingerprint density at radius 1 is 1.15 bits per heavy atom. The largest absolute Gasteiger partial charge is 0.354 e. The number of carbonyl (C=O) groups is 1. The number of pyridine rings is 1. The maximum Gasteiger partial charge on any atom is 0.226 e. The lowest BCUT2D eigenvalue weighted by Crippen LogP contribution is -2.44. The molecule has 0 N–H and O–H groups in total. The number of nitrogens with zero attached hydrogens (tertiary/aromatic N) is 3.